The molecule has 29 heavy (non-hydrogen) atoms. The summed E-state index contributed by atoms with van der Waals surface area (Å²) in [6.07, 6.45) is 1.18. The maximum absolute atomic E-state index is 12.4. The standard InChI is InChI=1S/C22H21ClN2O3S/c1-29(27,28)15-17-7-9-18(10-8-17)22(26)25-19-11-12-21(20(23)13-19)24-14-16-5-3-2-4-6-16/h2-13,24H,14-15H2,1H3,(H,25,26). The van der Waals surface area contributed by atoms with E-state index in [1.54, 1.807) is 36.4 Å². The monoisotopic (exact) mass is 428 g/mol. The molecule has 0 radical (unpaired) electrons. The Labute approximate surface area is 175 Å². The van der Waals surface area contributed by atoms with Crippen LogP contribution in [0.1, 0.15) is 21.5 Å². The first-order valence-corrected chi connectivity index (χ1v) is 11.4. The second-order valence-corrected chi connectivity index (χ2v) is 9.30. The first-order valence-electron chi connectivity index (χ1n) is 8.95. The minimum atomic E-state index is -3.11. The third-order valence-corrected chi connectivity index (χ3v) is 5.37. The van der Waals surface area contributed by atoms with Gasteiger partial charge in [-0.15, -0.1) is 0 Å². The summed E-state index contributed by atoms with van der Waals surface area (Å²) >= 11 is 6.34. The van der Waals surface area contributed by atoms with Crippen LogP contribution in [0.25, 0.3) is 0 Å². The second-order valence-electron chi connectivity index (χ2n) is 6.75. The number of anilines is 2. The summed E-state index contributed by atoms with van der Waals surface area (Å²) in [7, 11) is -3.11. The number of amides is 1. The first-order chi connectivity index (χ1) is 13.8. The van der Waals surface area contributed by atoms with Gasteiger partial charge in [-0.2, -0.15) is 0 Å². The van der Waals surface area contributed by atoms with Crippen molar-refractivity contribution in [3.8, 4) is 0 Å². The van der Waals surface area contributed by atoms with Crippen LogP contribution in [-0.2, 0) is 22.1 Å². The van der Waals surface area contributed by atoms with Crippen LogP contribution in [0.15, 0.2) is 72.8 Å². The molecule has 0 atom stereocenters. The molecule has 0 aromatic heterocycles. The van der Waals surface area contributed by atoms with Crippen molar-refractivity contribution in [3.63, 3.8) is 0 Å². The Morgan fingerprint density at radius 2 is 1.62 bits per heavy atom. The summed E-state index contributed by atoms with van der Waals surface area (Å²) in [4.78, 5) is 12.4. The Bertz CT molecular complexity index is 1100. The highest BCUT2D eigenvalue weighted by molar-refractivity contribution is 7.89. The van der Waals surface area contributed by atoms with Crippen molar-refractivity contribution in [2.75, 3.05) is 16.9 Å². The van der Waals surface area contributed by atoms with E-state index in [0.29, 0.717) is 28.4 Å². The van der Waals surface area contributed by atoms with E-state index in [0.717, 1.165) is 11.3 Å². The van der Waals surface area contributed by atoms with E-state index in [4.69, 9.17) is 11.6 Å². The third kappa shape index (κ3) is 6.34. The van der Waals surface area contributed by atoms with E-state index in [2.05, 4.69) is 10.6 Å². The highest BCUT2D eigenvalue weighted by Crippen LogP contribution is 2.26. The van der Waals surface area contributed by atoms with Crippen molar-refractivity contribution >= 4 is 38.7 Å². The molecular weight excluding hydrogens is 408 g/mol. The Morgan fingerprint density at radius 3 is 2.24 bits per heavy atom. The average molecular weight is 429 g/mol. The summed E-state index contributed by atoms with van der Waals surface area (Å²) in [6, 6.07) is 21.7. The summed E-state index contributed by atoms with van der Waals surface area (Å²) in [5.74, 6) is -0.348. The van der Waals surface area contributed by atoms with Gasteiger partial charge in [-0.05, 0) is 41.5 Å². The summed E-state index contributed by atoms with van der Waals surface area (Å²) in [5, 5.41) is 6.57. The lowest BCUT2D eigenvalue weighted by Crippen LogP contribution is -2.12. The van der Waals surface area contributed by atoms with Crippen LogP contribution in [0.3, 0.4) is 0 Å². The highest BCUT2D eigenvalue weighted by atomic mass is 35.5. The molecule has 0 heterocycles. The quantitative estimate of drug-likeness (QED) is 0.569. The van der Waals surface area contributed by atoms with Crippen molar-refractivity contribution in [1.82, 2.24) is 0 Å². The van der Waals surface area contributed by atoms with Gasteiger partial charge in [0, 0.05) is 24.1 Å². The Morgan fingerprint density at radius 1 is 0.931 bits per heavy atom. The smallest absolute Gasteiger partial charge is 0.255 e. The average Bonchev–Trinajstić information content (AvgIpc) is 2.67. The van der Waals surface area contributed by atoms with Crippen LogP contribution in [0.2, 0.25) is 5.02 Å². The van der Waals surface area contributed by atoms with E-state index in [-0.39, 0.29) is 11.7 Å². The first kappa shape index (κ1) is 20.9. The van der Waals surface area contributed by atoms with Crippen LogP contribution in [-0.4, -0.2) is 20.6 Å². The molecule has 0 aliphatic rings. The molecule has 0 fully saturated rings. The maximum atomic E-state index is 12.4. The van der Waals surface area contributed by atoms with Crippen LogP contribution in [0.4, 0.5) is 11.4 Å². The molecule has 0 spiro atoms. The lowest BCUT2D eigenvalue weighted by Gasteiger charge is -2.11. The Balaban J connectivity index is 1.62. The molecule has 3 aromatic carbocycles. The molecule has 0 saturated heterocycles. The minimum Gasteiger partial charge on any atom is -0.380 e. The van der Waals surface area contributed by atoms with Crippen molar-refractivity contribution in [1.29, 1.82) is 0 Å². The normalized spacial score (nSPS) is 11.1. The summed E-state index contributed by atoms with van der Waals surface area (Å²) < 4.78 is 22.7. The van der Waals surface area contributed by atoms with Crippen LogP contribution in [0, 0.1) is 0 Å². The molecule has 3 aromatic rings. The fraction of sp³-hybridized carbons (Fsp3) is 0.136. The van der Waals surface area contributed by atoms with Crippen molar-refractivity contribution in [3.05, 3.63) is 94.5 Å². The zero-order valence-electron chi connectivity index (χ0n) is 15.9. The number of hydrogen-bond acceptors (Lipinski definition) is 4. The lowest BCUT2D eigenvalue weighted by atomic mass is 10.1. The molecule has 3 rings (SSSR count). The van der Waals surface area contributed by atoms with Gasteiger partial charge in [-0.1, -0.05) is 54.1 Å². The number of benzene rings is 3. The molecule has 0 unspecified atom stereocenters. The van der Waals surface area contributed by atoms with Gasteiger partial charge in [0.2, 0.25) is 0 Å². The van der Waals surface area contributed by atoms with E-state index in [1.807, 2.05) is 36.4 Å². The predicted octanol–water partition coefficient (Wildman–Crippen LogP) is 4.75. The molecule has 0 aliphatic heterocycles. The van der Waals surface area contributed by atoms with Gasteiger partial charge in [0.25, 0.3) is 5.91 Å². The number of halogens is 1. The van der Waals surface area contributed by atoms with Gasteiger partial charge in [-0.3, -0.25) is 4.79 Å². The fourth-order valence-corrected chi connectivity index (χ4v) is 3.83. The van der Waals surface area contributed by atoms with Crippen LogP contribution in [0.5, 0.6) is 0 Å². The predicted molar refractivity (Wildman–Crippen MR) is 118 cm³/mol. The topological polar surface area (TPSA) is 75.3 Å². The van der Waals surface area contributed by atoms with Gasteiger partial charge >= 0.3 is 0 Å². The largest absolute Gasteiger partial charge is 0.380 e. The van der Waals surface area contributed by atoms with Crippen molar-refractivity contribution < 1.29 is 13.2 Å². The molecule has 7 heteroatoms. The number of rotatable bonds is 7. The number of carbonyl (C=O) groups excluding carboxylic acids is 1. The highest BCUT2D eigenvalue weighted by Gasteiger charge is 2.10. The van der Waals surface area contributed by atoms with E-state index >= 15 is 0 Å². The second kappa shape index (κ2) is 9.11. The number of hydrogen-bond donors (Lipinski definition) is 2. The van der Waals surface area contributed by atoms with Gasteiger partial charge < -0.3 is 10.6 Å². The molecule has 0 bridgehead atoms. The fourth-order valence-electron chi connectivity index (χ4n) is 2.79. The molecule has 5 nitrogen and oxygen atoms in total. The molecule has 150 valence electrons. The Hall–Kier alpha value is -2.83. The summed E-state index contributed by atoms with van der Waals surface area (Å²) in [5.41, 5.74) is 3.56. The summed E-state index contributed by atoms with van der Waals surface area (Å²) in [6.45, 7) is 0.645. The van der Waals surface area contributed by atoms with Crippen molar-refractivity contribution in [2.24, 2.45) is 0 Å². The minimum absolute atomic E-state index is 0.0536. The molecule has 1 amide bonds. The number of carbonyl (C=O) groups is 1. The van der Waals surface area contributed by atoms with E-state index in [9.17, 15) is 13.2 Å². The van der Waals surface area contributed by atoms with Gasteiger partial charge in [0.05, 0.1) is 16.5 Å². The lowest BCUT2D eigenvalue weighted by molar-refractivity contribution is 0.102. The van der Waals surface area contributed by atoms with Crippen LogP contribution >= 0.6 is 11.6 Å². The maximum Gasteiger partial charge on any atom is 0.255 e. The molecule has 2 N–H and O–H groups in total. The molecule has 0 aliphatic carbocycles. The number of nitrogens with one attached hydrogen (secondary N) is 2. The zero-order chi connectivity index (χ0) is 20.9. The van der Waals surface area contributed by atoms with E-state index < -0.39 is 9.84 Å². The van der Waals surface area contributed by atoms with Crippen LogP contribution < -0.4 is 10.6 Å². The molecular formula is C22H21ClN2O3S. The van der Waals surface area contributed by atoms with Crippen molar-refractivity contribution in [2.45, 2.75) is 12.3 Å². The molecule has 0 saturated carbocycles. The van der Waals surface area contributed by atoms with Gasteiger partial charge in [-0.25, -0.2) is 8.42 Å². The SMILES string of the molecule is CS(=O)(=O)Cc1ccc(C(=O)Nc2ccc(NCc3ccccc3)c(Cl)c2)cc1. The van der Waals surface area contributed by atoms with Gasteiger partial charge in [0.15, 0.2) is 9.84 Å². The Kier molecular flexibility index (Phi) is 6.56. The number of sulfone groups is 1. The van der Waals surface area contributed by atoms with Gasteiger partial charge in [0.1, 0.15) is 0 Å². The zero-order valence-corrected chi connectivity index (χ0v) is 17.4. The van der Waals surface area contributed by atoms with E-state index in [1.165, 1.54) is 6.26 Å². The third-order valence-electron chi connectivity index (χ3n) is 4.20.